The summed E-state index contributed by atoms with van der Waals surface area (Å²) in [6, 6.07) is 5.67. The Morgan fingerprint density at radius 1 is 1.40 bits per heavy atom. The lowest BCUT2D eigenvalue weighted by molar-refractivity contribution is 0.0965. The Morgan fingerprint density at radius 2 is 2.10 bits per heavy atom. The Balaban J connectivity index is 2.82. The highest BCUT2D eigenvalue weighted by atomic mass is 19.1. The van der Waals surface area contributed by atoms with E-state index in [1.807, 2.05) is 27.7 Å². The van der Waals surface area contributed by atoms with Gasteiger partial charge in [-0.2, -0.15) is 0 Å². The van der Waals surface area contributed by atoms with Crippen molar-refractivity contribution in [2.45, 2.75) is 33.7 Å². The van der Waals surface area contributed by atoms with Gasteiger partial charge in [0.05, 0.1) is 12.6 Å². The number of ether oxygens (including phenoxy) is 1. The molecule has 0 fully saturated rings. The van der Waals surface area contributed by atoms with Gasteiger partial charge in [-0.25, -0.2) is 9.38 Å². The van der Waals surface area contributed by atoms with E-state index in [1.165, 1.54) is 24.3 Å². The molecule has 0 unspecified atom stereocenters. The molecule has 0 aliphatic rings. The second-order valence-electron chi connectivity index (χ2n) is 4.82. The third kappa shape index (κ3) is 4.99. The first-order valence-electron chi connectivity index (χ1n) is 6.71. The zero-order valence-electron chi connectivity index (χ0n) is 12.3. The molecule has 20 heavy (non-hydrogen) atoms. The number of aliphatic imine (C=N–C) groups is 1. The van der Waals surface area contributed by atoms with Gasteiger partial charge in [-0.1, -0.05) is 19.9 Å². The van der Waals surface area contributed by atoms with E-state index in [9.17, 15) is 9.18 Å². The van der Waals surface area contributed by atoms with Crippen molar-refractivity contribution < 1.29 is 13.9 Å². The maximum absolute atomic E-state index is 13.1. The lowest BCUT2D eigenvalue weighted by Gasteiger charge is -2.14. The van der Waals surface area contributed by atoms with Crippen LogP contribution < -0.4 is 5.32 Å². The number of benzene rings is 1. The Hall–Kier alpha value is -1.91. The molecule has 0 aliphatic carbocycles. The van der Waals surface area contributed by atoms with Crippen molar-refractivity contribution in [1.29, 1.82) is 0 Å². The largest absolute Gasteiger partial charge is 0.465 e. The summed E-state index contributed by atoms with van der Waals surface area (Å²) in [7, 11) is 0. The van der Waals surface area contributed by atoms with E-state index in [2.05, 4.69) is 10.3 Å². The van der Waals surface area contributed by atoms with Crippen LogP contribution >= 0.6 is 0 Å². The Morgan fingerprint density at radius 3 is 2.65 bits per heavy atom. The van der Waals surface area contributed by atoms with Crippen LogP contribution in [0, 0.1) is 11.7 Å². The molecule has 0 bridgehead atoms. The number of carbonyl (C=O) groups is 1. The normalized spacial score (nSPS) is 13.2. The summed E-state index contributed by atoms with van der Waals surface area (Å²) in [6.07, 6.45) is 0. The highest BCUT2D eigenvalue weighted by Crippen LogP contribution is 2.06. The second-order valence-corrected chi connectivity index (χ2v) is 4.82. The van der Waals surface area contributed by atoms with Crippen molar-refractivity contribution in [3.8, 4) is 0 Å². The molecule has 0 saturated carbocycles. The summed E-state index contributed by atoms with van der Waals surface area (Å²) < 4.78 is 18.4. The molecule has 1 atom stereocenters. The average Bonchev–Trinajstić information content (AvgIpc) is 2.38. The molecule has 1 aromatic rings. The smallest absolute Gasteiger partial charge is 0.291 e. The van der Waals surface area contributed by atoms with Crippen LogP contribution in [0.3, 0.4) is 0 Å². The summed E-state index contributed by atoms with van der Waals surface area (Å²) in [5.74, 6) is -0.563. The zero-order chi connectivity index (χ0) is 15.1. The van der Waals surface area contributed by atoms with E-state index in [4.69, 9.17) is 4.74 Å². The van der Waals surface area contributed by atoms with E-state index >= 15 is 0 Å². The van der Waals surface area contributed by atoms with E-state index < -0.39 is 11.7 Å². The van der Waals surface area contributed by atoms with Crippen LogP contribution in [0.25, 0.3) is 0 Å². The molecule has 1 aromatic carbocycles. The van der Waals surface area contributed by atoms with E-state index in [1.54, 1.807) is 0 Å². The fourth-order valence-corrected chi connectivity index (χ4v) is 1.38. The van der Waals surface area contributed by atoms with Crippen molar-refractivity contribution >= 4 is 11.9 Å². The van der Waals surface area contributed by atoms with Gasteiger partial charge in [-0.3, -0.25) is 10.1 Å². The van der Waals surface area contributed by atoms with Gasteiger partial charge in [0.1, 0.15) is 5.82 Å². The first kappa shape index (κ1) is 16.1. The number of amidine groups is 1. The van der Waals surface area contributed by atoms with Crippen molar-refractivity contribution in [3.05, 3.63) is 35.6 Å². The fraction of sp³-hybridized carbons (Fsp3) is 0.467. The third-order valence-electron chi connectivity index (χ3n) is 2.87. The van der Waals surface area contributed by atoms with Crippen molar-refractivity contribution in [1.82, 2.24) is 5.32 Å². The minimum absolute atomic E-state index is 0.0179. The average molecular weight is 280 g/mol. The number of nitrogens with zero attached hydrogens (tertiary/aromatic N) is 1. The van der Waals surface area contributed by atoms with Crippen LogP contribution in [0.5, 0.6) is 0 Å². The molecule has 0 heterocycles. The predicted molar refractivity (Wildman–Crippen MR) is 77.2 cm³/mol. The van der Waals surface area contributed by atoms with Gasteiger partial charge in [0.15, 0.2) is 0 Å². The number of rotatable bonds is 4. The lowest BCUT2D eigenvalue weighted by Crippen LogP contribution is -2.34. The van der Waals surface area contributed by atoms with E-state index in [0.29, 0.717) is 12.5 Å². The Bertz CT molecular complexity index is 487. The molecular weight excluding hydrogens is 259 g/mol. The minimum Gasteiger partial charge on any atom is -0.465 e. The van der Waals surface area contributed by atoms with Crippen molar-refractivity contribution in [3.63, 3.8) is 0 Å². The van der Waals surface area contributed by atoms with Gasteiger partial charge in [0.25, 0.3) is 11.9 Å². The van der Waals surface area contributed by atoms with E-state index in [-0.39, 0.29) is 17.6 Å². The van der Waals surface area contributed by atoms with Gasteiger partial charge in [-0.05, 0) is 38.0 Å². The van der Waals surface area contributed by atoms with Crippen molar-refractivity contribution in [2.75, 3.05) is 6.61 Å². The van der Waals surface area contributed by atoms with Gasteiger partial charge in [-0.15, -0.1) is 0 Å². The fourth-order valence-electron chi connectivity index (χ4n) is 1.38. The molecule has 0 aromatic heterocycles. The number of nitrogens with one attached hydrogen (secondary N) is 1. The van der Waals surface area contributed by atoms with Crippen molar-refractivity contribution in [2.24, 2.45) is 10.9 Å². The molecule has 5 heteroatoms. The summed E-state index contributed by atoms with van der Waals surface area (Å²) in [6.45, 7) is 8.22. The number of hydrogen-bond donors (Lipinski definition) is 1. The molecule has 0 aliphatic heterocycles. The van der Waals surface area contributed by atoms with E-state index in [0.717, 1.165) is 0 Å². The molecular formula is C15H21FN2O2. The van der Waals surface area contributed by atoms with Crippen LogP contribution in [0.2, 0.25) is 0 Å². The zero-order valence-corrected chi connectivity index (χ0v) is 12.3. The minimum atomic E-state index is -0.455. The maximum Gasteiger partial charge on any atom is 0.291 e. The number of hydrogen-bond acceptors (Lipinski definition) is 3. The first-order valence-corrected chi connectivity index (χ1v) is 6.71. The standard InChI is InChI=1S/C15H21FN2O2/c1-5-20-15(17-11(4)10(2)3)18-14(19)12-7-6-8-13(16)9-12/h6-11H,5H2,1-4H3,(H,17,18,19)/t11-/m1/s1. The summed E-state index contributed by atoms with van der Waals surface area (Å²) >= 11 is 0. The summed E-state index contributed by atoms with van der Waals surface area (Å²) in [5.41, 5.74) is 0.231. The highest BCUT2D eigenvalue weighted by molar-refractivity contribution is 6.04. The topological polar surface area (TPSA) is 50.7 Å². The molecule has 1 N–H and O–H groups in total. The Labute approximate surface area is 119 Å². The third-order valence-corrected chi connectivity index (χ3v) is 2.87. The molecule has 110 valence electrons. The van der Waals surface area contributed by atoms with Crippen LogP contribution in [0.4, 0.5) is 4.39 Å². The van der Waals surface area contributed by atoms with Crippen LogP contribution in [-0.4, -0.2) is 24.6 Å². The molecule has 0 radical (unpaired) electrons. The van der Waals surface area contributed by atoms with Gasteiger partial charge in [0.2, 0.25) is 0 Å². The van der Waals surface area contributed by atoms with Crippen LogP contribution in [0.1, 0.15) is 38.1 Å². The molecule has 1 amide bonds. The molecule has 0 spiro atoms. The SMILES string of the molecule is CCOC(=N[C@H](C)C(C)C)NC(=O)c1cccc(F)c1. The number of carbonyl (C=O) groups excluding carboxylic acids is 1. The van der Waals surface area contributed by atoms with Crippen LogP contribution in [0.15, 0.2) is 29.3 Å². The number of halogens is 1. The highest BCUT2D eigenvalue weighted by Gasteiger charge is 2.13. The monoisotopic (exact) mass is 280 g/mol. The molecule has 4 nitrogen and oxygen atoms in total. The summed E-state index contributed by atoms with van der Waals surface area (Å²) in [5, 5.41) is 2.57. The van der Waals surface area contributed by atoms with Gasteiger partial charge < -0.3 is 4.74 Å². The lowest BCUT2D eigenvalue weighted by atomic mass is 10.1. The Kier molecular flexibility index (Phi) is 6.15. The molecule has 1 rings (SSSR count). The van der Waals surface area contributed by atoms with Crippen LogP contribution in [-0.2, 0) is 4.74 Å². The summed E-state index contributed by atoms with van der Waals surface area (Å²) in [4.78, 5) is 16.3. The van der Waals surface area contributed by atoms with Gasteiger partial charge >= 0.3 is 0 Å². The second kappa shape index (κ2) is 7.62. The first-order chi connectivity index (χ1) is 9.43. The molecule has 0 saturated heterocycles. The quantitative estimate of drug-likeness (QED) is 0.681. The number of amides is 1. The predicted octanol–water partition coefficient (Wildman–Crippen LogP) is 2.99. The van der Waals surface area contributed by atoms with Gasteiger partial charge in [0, 0.05) is 5.56 Å². The maximum atomic E-state index is 13.1.